The van der Waals surface area contributed by atoms with Gasteiger partial charge in [-0.15, -0.1) is 0 Å². The molecule has 25 heavy (non-hydrogen) atoms. The second-order valence-electron chi connectivity index (χ2n) is 6.86. The first kappa shape index (κ1) is 15.9. The first-order valence-electron chi connectivity index (χ1n) is 8.27. The van der Waals surface area contributed by atoms with Crippen molar-refractivity contribution in [2.45, 2.75) is 18.9 Å². The molecule has 0 spiro atoms. The molecule has 3 aliphatic heterocycles. The van der Waals surface area contributed by atoms with Gasteiger partial charge >= 0.3 is 6.09 Å². The number of fused-ring (bicyclic) bond motifs is 2. The Labute approximate surface area is 143 Å². The highest BCUT2D eigenvalue weighted by Gasteiger charge is 2.46. The second-order valence-corrected chi connectivity index (χ2v) is 6.86. The van der Waals surface area contributed by atoms with Crippen molar-refractivity contribution in [3.8, 4) is 0 Å². The maximum absolute atomic E-state index is 14.6. The summed E-state index contributed by atoms with van der Waals surface area (Å²) < 4.78 is 19.7. The van der Waals surface area contributed by atoms with Gasteiger partial charge in [0.25, 0.3) is 0 Å². The number of rotatable bonds is 4. The Balaban J connectivity index is 1.50. The van der Waals surface area contributed by atoms with Crippen LogP contribution in [0.4, 0.5) is 20.6 Å². The van der Waals surface area contributed by atoms with Crippen molar-refractivity contribution in [2.75, 3.05) is 29.4 Å². The fourth-order valence-corrected chi connectivity index (χ4v) is 3.86. The zero-order chi connectivity index (χ0) is 17.7. The topological polar surface area (TPSA) is 92.9 Å². The molecular weight excluding hydrogens is 329 g/mol. The Morgan fingerprint density at radius 3 is 2.56 bits per heavy atom. The quantitative estimate of drug-likeness (QED) is 0.879. The van der Waals surface area contributed by atoms with Crippen molar-refractivity contribution in [3.05, 3.63) is 24.0 Å². The summed E-state index contributed by atoms with van der Waals surface area (Å²) in [6.45, 7) is 1.24. The maximum Gasteiger partial charge on any atom is 0.414 e. The lowest BCUT2D eigenvalue weighted by Crippen LogP contribution is -2.56. The number of carbonyl (C=O) groups excluding carboxylic acids is 3. The van der Waals surface area contributed by atoms with Crippen LogP contribution < -0.4 is 15.5 Å². The van der Waals surface area contributed by atoms with Gasteiger partial charge in [-0.3, -0.25) is 14.5 Å². The highest BCUT2D eigenvalue weighted by molar-refractivity contribution is 5.92. The van der Waals surface area contributed by atoms with Gasteiger partial charge in [0.1, 0.15) is 17.7 Å². The highest BCUT2D eigenvalue weighted by Crippen LogP contribution is 2.39. The van der Waals surface area contributed by atoms with E-state index in [4.69, 9.17) is 10.5 Å². The lowest BCUT2D eigenvalue weighted by atomic mass is 9.69. The molecule has 1 aromatic rings. The molecule has 0 radical (unpaired) electrons. The number of hydrogen-bond donors (Lipinski definition) is 1. The van der Waals surface area contributed by atoms with E-state index in [1.54, 1.807) is 12.1 Å². The standard InChI is InChI=1S/C17H18FN3O4/c18-13-4-11(21-8-12(5-15(19)22)25-17(21)24)1-2-14(13)20-6-9-3-10(7-20)16(9)23/h1-2,4,9-10,12H,3,5-8H2,(H2,19,22). The number of Topliss-reactive ketones (excluding diaryl/α,β-unsaturated/α-hetero) is 1. The van der Waals surface area contributed by atoms with Gasteiger partial charge in [-0.25, -0.2) is 9.18 Å². The summed E-state index contributed by atoms with van der Waals surface area (Å²) in [5.41, 5.74) is 5.92. The minimum absolute atomic E-state index is 0.0148. The van der Waals surface area contributed by atoms with Gasteiger partial charge in [0.2, 0.25) is 5.91 Å². The van der Waals surface area contributed by atoms with Crippen LogP contribution in [0.5, 0.6) is 0 Å². The van der Waals surface area contributed by atoms with Crippen molar-refractivity contribution >= 4 is 29.2 Å². The number of hydrogen-bond acceptors (Lipinski definition) is 5. The van der Waals surface area contributed by atoms with Crippen molar-refractivity contribution in [1.29, 1.82) is 0 Å². The number of carbonyl (C=O) groups is 3. The van der Waals surface area contributed by atoms with Gasteiger partial charge in [0.05, 0.1) is 24.3 Å². The lowest BCUT2D eigenvalue weighted by molar-refractivity contribution is -0.136. The summed E-state index contributed by atoms with van der Waals surface area (Å²) in [5, 5.41) is 0. The summed E-state index contributed by atoms with van der Waals surface area (Å²) in [5.74, 6) is -0.688. The average Bonchev–Trinajstić information content (AvgIpc) is 2.93. The van der Waals surface area contributed by atoms with Crippen LogP contribution in [-0.2, 0) is 14.3 Å². The van der Waals surface area contributed by atoms with Crippen LogP contribution in [-0.4, -0.2) is 43.5 Å². The molecule has 3 unspecified atom stereocenters. The third-order valence-corrected chi connectivity index (χ3v) is 5.14. The Kier molecular flexibility index (Phi) is 3.63. The fourth-order valence-electron chi connectivity index (χ4n) is 3.86. The van der Waals surface area contributed by atoms with Gasteiger partial charge < -0.3 is 15.4 Å². The minimum Gasteiger partial charge on any atom is -0.443 e. The first-order chi connectivity index (χ1) is 11.9. The van der Waals surface area contributed by atoms with Crippen molar-refractivity contribution in [3.63, 3.8) is 0 Å². The molecule has 2 bridgehead atoms. The number of nitrogens with zero attached hydrogens (tertiary/aromatic N) is 2. The number of amides is 2. The molecule has 132 valence electrons. The zero-order valence-electron chi connectivity index (χ0n) is 13.5. The number of halogens is 1. The van der Waals surface area contributed by atoms with E-state index in [-0.39, 0.29) is 30.6 Å². The van der Waals surface area contributed by atoms with E-state index < -0.39 is 23.9 Å². The van der Waals surface area contributed by atoms with E-state index >= 15 is 0 Å². The Bertz CT molecular complexity index is 754. The number of nitrogens with two attached hydrogens (primary N) is 1. The third kappa shape index (κ3) is 2.71. The number of anilines is 2. The number of primary amides is 1. The second kappa shape index (κ2) is 5.72. The number of benzene rings is 1. The van der Waals surface area contributed by atoms with Gasteiger partial charge in [0, 0.05) is 24.9 Å². The molecule has 1 aromatic carbocycles. The van der Waals surface area contributed by atoms with E-state index in [0.717, 1.165) is 6.42 Å². The van der Waals surface area contributed by atoms with Gasteiger partial charge in [-0.05, 0) is 24.6 Å². The molecule has 4 aliphatic rings. The number of ether oxygens (including phenoxy) is 1. The SMILES string of the molecule is NC(=O)CC1CN(c2ccc(N3CC4CC(C3)C4=O)c(F)c2)C(=O)O1. The van der Waals surface area contributed by atoms with Crippen molar-refractivity contribution in [2.24, 2.45) is 17.6 Å². The van der Waals surface area contributed by atoms with Crippen LogP contribution in [0.15, 0.2) is 18.2 Å². The van der Waals surface area contributed by atoms with Gasteiger partial charge in [-0.1, -0.05) is 0 Å². The van der Waals surface area contributed by atoms with Gasteiger partial charge in [-0.2, -0.15) is 0 Å². The van der Waals surface area contributed by atoms with Crippen molar-refractivity contribution < 1.29 is 23.5 Å². The molecule has 3 heterocycles. The molecular formula is C17H18FN3O4. The van der Waals surface area contributed by atoms with Crippen LogP contribution in [0.2, 0.25) is 0 Å². The van der Waals surface area contributed by atoms with Gasteiger partial charge in [0.15, 0.2) is 0 Å². The summed E-state index contributed by atoms with van der Waals surface area (Å²) >= 11 is 0. The molecule has 2 N–H and O–H groups in total. The van der Waals surface area contributed by atoms with Crippen LogP contribution >= 0.6 is 0 Å². The average molecular weight is 347 g/mol. The van der Waals surface area contributed by atoms with Crippen LogP contribution in [0, 0.1) is 17.7 Å². The Hall–Kier alpha value is -2.64. The molecule has 1 saturated carbocycles. The highest BCUT2D eigenvalue weighted by atomic mass is 19.1. The van der Waals surface area contributed by atoms with Crippen LogP contribution in [0.3, 0.4) is 0 Å². The molecule has 3 saturated heterocycles. The summed E-state index contributed by atoms with van der Waals surface area (Å²) in [6, 6.07) is 4.55. The van der Waals surface area contributed by atoms with E-state index in [1.807, 2.05) is 4.90 Å². The molecule has 5 rings (SSSR count). The zero-order valence-corrected chi connectivity index (χ0v) is 13.5. The molecule has 7 nitrogen and oxygen atoms in total. The van der Waals surface area contributed by atoms with E-state index in [0.29, 0.717) is 24.5 Å². The fraction of sp³-hybridized carbons (Fsp3) is 0.471. The summed E-state index contributed by atoms with van der Waals surface area (Å²) in [7, 11) is 0. The normalized spacial score (nSPS) is 28.0. The smallest absolute Gasteiger partial charge is 0.414 e. The number of cyclic esters (lactones) is 1. The summed E-state index contributed by atoms with van der Waals surface area (Å²) in [6.07, 6.45) is -0.403. The van der Waals surface area contributed by atoms with Crippen molar-refractivity contribution in [1.82, 2.24) is 0 Å². The monoisotopic (exact) mass is 347 g/mol. The van der Waals surface area contributed by atoms with E-state index in [1.165, 1.54) is 11.0 Å². The Morgan fingerprint density at radius 2 is 1.96 bits per heavy atom. The number of piperidine rings is 2. The lowest BCUT2D eigenvalue weighted by Gasteiger charge is -2.46. The third-order valence-electron chi connectivity index (χ3n) is 5.14. The predicted octanol–water partition coefficient (Wildman–Crippen LogP) is 1.05. The molecule has 0 aromatic heterocycles. The number of ketones is 1. The molecule has 3 atom stereocenters. The van der Waals surface area contributed by atoms with E-state index in [9.17, 15) is 18.8 Å². The maximum atomic E-state index is 14.6. The Morgan fingerprint density at radius 1 is 1.24 bits per heavy atom. The molecule has 2 amide bonds. The first-order valence-corrected chi connectivity index (χ1v) is 8.27. The minimum atomic E-state index is -0.622. The predicted molar refractivity (Wildman–Crippen MR) is 86.6 cm³/mol. The summed E-state index contributed by atoms with van der Waals surface area (Å²) in [4.78, 5) is 37.7. The molecule has 8 heteroatoms. The van der Waals surface area contributed by atoms with E-state index in [2.05, 4.69) is 0 Å². The van der Waals surface area contributed by atoms with Crippen LogP contribution in [0.25, 0.3) is 0 Å². The largest absolute Gasteiger partial charge is 0.443 e. The molecule has 4 fully saturated rings. The van der Waals surface area contributed by atoms with Crippen LogP contribution in [0.1, 0.15) is 12.8 Å². The molecule has 1 aliphatic carbocycles.